The number of anilines is 1. The maximum Gasteiger partial charge on any atom is 0.242 e. The molecule has 3 rings (SSSR count). The minimum atomic E-state index is -3.54. The summed E-state index contributed by atoms with van der Waals surface area (Å²) in [5.41, 5.74) is 3.26. The monoisotopic (exact) mass is 547 g/mol. The Balaban J connectivity index is 1.74. The fourth-order valence-corrected chi connectivity index (χ4v) is 6.00. The Hall–Kier alpha value is -2.58. The highest BCUT2D eigenvalue weighted by Gasteiger charge is 2.29. The zero-order chi connectivity index (χ0) is 27.2. The molecule has 0 saturated heterocycles. The number of hydrogen-bond donors (Lipinski definition) is 1. The SMILES string of the molecule is Cc1ccc(C)c(N(CCCC(=O)N(Cc2cccc(Cl)c2)C(C)C(=O)NC2CCCC2)S(C)(=O)=O)c1. The highest BCUT2D eigenvalue weighted by molar-refractivity contribution is 7.92. The summed E-state index contributed by atoms with van der Waals surface area (Å²) in [6, 6.07) is 12.4. The molecule has 0 spiro atoms. The van der Waals surface area contributed by atoms with Gasteiger partial charge in [0.15, 0.2) is 0 Å². The molecule has 0 radical (unpaired) electrons. The Morgan fingerprint density at radius 3 is 2.46 bits per heavy atom. The van der Waals surface area contributed by atoms with Gasteiger partial charge in [-0.25, -0.2) is 8.42 Å². The molecule has 1 N–H and O–H groups in total. The number of hydrogen-bond acceptors (Lipinski definition) is 4. The van der Waals surface area contributed by atoms with E-state index in [1.807, 2.05) is 44.2 Å². The van der Waals surface area contributed by atoms with E-state index in [0.29, 0.717) is 17.1 Å². The standard InChI is InChI=1S/C28H38ClN3O4S/c1-20-14-15-21(2)26(17-20)32(37(4,35)36)16-8-13-27(33)31(19-23-9-7-10-24(29)18-23)22(3)28(34)30-25-11-5-6-12-25/h7,9-10,14-15,17-18,22,25H,5-6,8,11-13,16,19H2,1-4H3,(H,30,34). The smallest absolute Gasteiger partial charge is 0.242 e. The molecule has 1 atom stereocenters. The molecular weight excluding hydrogens is 510 g/mol. The van der Waals surface area contributed by atoms with Crippen LogP contribution in [0.2, 0.25) is 5.02 Å². The Morgan fingerprint density at radius 1 is 1.11 bits per heavy atom. The third kappa shape index (κ3) is 8.20. The highest BCUT2D eigenvalue weighted by Crippen LogP contribution is 2.25. The molecule has 2 amide bonds. The van der Waals surface area contributed by atoms with Gasteiger partial charge in [0.1, 0.15) is 6.04 Å². The average molecular weight is 548 g/mol. The Kier molecular flexibility index (Phi) is 10.0. The van der Waals surface area contributed by atoms with Gasteiger partial charge in [-0.2, -0.15) is 0 Å². The number of carbonyl (C=O) groups is 2. The quantitative estimate of drug-likeness (QED) is 0.430. The molecule has 0 aromatic heterocycles. The molecule has 37 heavy (non-hydrogen) atoms. The summed E-state index contributed by atoms with van der Waals surface area (Å²) in [4.78, 5) is 28.1. The lowest BCUT2D eigenvalue weighted by atomic mass is 10.1. The third-order valence-electron chi connectivity index (χ3n) is 6.90. The maximum absolute atomic E-state index is 13.4. The van der Waals surface area contributed by atoms with E-state index in [1.54, 1.807) is 24.0 Å². The zero-order valence-corrected chi connectivity index (χ0v) is 23.7. The number of benzene rings is 2. The van der Waals surface area contributed by atoms with E-state index in [-0.39, 0.29) is 37.4 Å². The van der Waals surface area contributed by atoms with Crippen molar-refractivity contribution in [1.82, 2.24) is 10.2 Å². The predicted molar refractivity (Wildman–Crippen MR) is 149 cm³/mol. The van der Waals surface area contributed by atoms with E-state index < -0.39 is 16.1 Å². The van der Waals surface area contributed by atoms with E-state index >= 15 is 0 Å². The van der Waals surface area contributed by atoms with Gasteiger partial charge in [-0.05, 0) is 74.9 Å². The van der Waals surface area contributed by atoms with Gasteiger partial charge < -0.3 is 10.2 Å². The molecule has 1 aliphatic rings. The minimum absolute atomic E-state index is 0.110. The van der Waals surface area contributed by atoms with E-state index in [1.165, 1.54) is 10.6 Å². The maximum atomic E-state index is 13.4. The molecule has 1 fully saturated rings. The first-order chi connectivity index (χ1) is 17.5. The fourth-order valence-electron chi connectivity index (χ4n) is 4.78. The van der Waals surface area contributed by atoms with Gasteiger partial charge in [0, 0.05) is 30.6 Å². The fraction of sp³-hybridized carbons (Fsp3) is 0.500. The third-order valence-corrected chi connectivity index (χ3v) is 8.31. The van der Waals surface area contributed by atoms with E-state index in [4.69, 9.17) is 11.6 Å². The lowest BCUT2D eigenvalue weighted by Crippen LogP contribution is -2.49. The van der Waals surface area contributed by atoms with Crippen molar-refractivity contribution in [3.8, 4) is 0 Å². The van der Waals surface area contributed by atoms with Crippen LogP contribution in [0.3, 0.4) is 0 Å². The number of sulfonamides is 1. The van der Waals surface area contributed by atoms with Gasteiger partial charge in [0.2, 0.25) is 21.8 Å². The molecule has 202 valence electrons. The molecule has 0 heterocycles. The van der Waals surface area contributed by atoms with Gasteiger partial charge in [0.25, 0.3) is 0 Å². The summed E-state index contributed by atoms with van der Waals surface area (Å²) in [6.07, 6.45) is 5.72. The Labute approximate surface area is 226 Å². The van der Waals surface area contributed by atoms with Crippen LogP contribution in [0.1, 0.15) is 62.1 Å². The number of halogens is 1. The summed E-state index contributed by atoms with van der Waals surface area (Å²) < 4.78 is 26.6. The Bertz CT molecular complexity index is 1210. The summed E-state index contributed by atoms with van der Waals surface area (Å²) in [5, 5.41) is 3.65. The lowest BCUT2D eigenvalue weighted by molar-refractivity contribution is -0.141. The van der Waals surface area contributed by atoms with Crippen LogP contribution in [0.25, 0.3) is 0 Å². The van der Waals surface area contributed by atoms with Crippen molar-refractivity contribution < 1.29 is 18.0 Å². The van der Waals surface area contributed by atoms with Crippen molar-refractivity contribution in [2.24, 2.45) is 0 Å². The summed E-state index contributed by atoms with van der Waals surface area (Å²) in [7, 11) is -3.54. The van der Waals surface area contributed by atoms with Crippen LogP contribution in [-0.4, -0.2) is 50.0 Å². The first kappa shape index (κ1) is 29.0. The van der Waals surface area contributed by atoms with Gasteiger partial charge in [-0.15, -0.1) is 0 Å². The van der Waals surface area contributed by atoms with E-state index in [9.17, 15) is 18.0 Å². The van der Waals surface area contributed by atoms with E-state index in [0.717, 1.165) is 42.4 Å². The number of aryl methyl sites for hydroxylation is 2. The molecule has 1 aliphatic carbocycles. The van der Waals surface area contributed by atoms with Crippen molar-refractivity contribution in [1.29, 1.82) is 0 Å². The van der Waals surface area contributed by atoms with Crippen molar-refractivity contribution in [2.45, 2.75) is 77.9 Å². The molecule has 1 saturated carbocycles. The first-order valence-electron chi connectivity index (χ1n) is 12.8. The second-order valence-electron chi connectivity index (χ2n) is 10.0. The molecule has 1 unspecified atom stereocenters. The second-order valence-corrected chi connectivity index (χ2v) is 12.4. The second kappa shape index (κ2) is 12.8. The number of nitrogens with one attached hydrogen (secondary N) is 1. The van der Waals surface area contributed by atoms with Crippen LogP contribution < -0.4 is 9.62 Å². The normalized spacial score (nSPS) is 14.8. The lowest BCUT2D eigenvalue weighted by Gasteiger charge is -2.30. The van der Waals surface area contributed by atoms with Crippen LogP contribution >= 0.6 is 11.6 Å². The number of nitrogens with zero attached hydrogens (tertiary/aromatic N) is 2. The predicted octanol–water partition coefficient (Wildman–Crippen LogP) is 4.98. The molecule has 0 aliphatic heterocycles. The van der Waals surface area contributed by atoms with Crippen LogP contribution in [-0.2, 0) is 26.2 Å². The molecular formula is C28H38ClN3O4S. The number of amides is 2. The van der Waals surface area contributed by atoms with Gasteiger partial charge >= 0.3 is 0 Å². The van der Waals surface area contributed by atoms with Crippen molar-refractivity contribution >= 4 is 39.1 Å². The molecule has 2 aromatic rings. The van der Waals surface area contributed by atoms with Crippen LogP contribution in [0.4, 0.5) is 5.69 Å². The zero-order valence-electron chi connectivity index (χ0n) is 22.2. The summed E-state index contributed by atoms with van der Waals surface area (Å²) in [6.45, 7) is 5.94. The van der Waals surface area contributed by atoms with Gasteiger partial charge in [0.05, 0.1) is 11.9 Å². The minimum Gasteiger partial charge on any atom is -0.352 e. The first-order valence-corrected chi connectivity index (χ1v) is 15.1. The molecule has 0 bridgehead atoms. The largest absolute Gasteiger partial charge is 0.352 e. The number of carbonyl (C=O) groups excluding carboxylic acids is 2. The van der Waals surface area contributed by atoms with Crippen molar-refractivity contribution in [3.63, 3.8) is 0 Å². The van der Waals surface area contributed by atoms with Crippen molar-refractivity contribution in [3.05, 3.63) is 64.2 Å². The summed E-state index contributed by atoms with van der Waals surface area (Å²) >= 11 is 6.16. The van der Waals surface area contributed by atoms with Gasteiger partial charge in [-0.1, -0.05) is 48.7 Å². The van der Waals surface area contributed by atoms with Crippen molar-refractivity contribution in [2.75, 3.05) is 17.1 Å². The Morgan fingerprint density at radius 2 is 1.81 bits per heavy atom. The van der Waals surface area contributed by atoms with E-state index in [2.05, 4.69) is 5.32 Å². The topological polar surface area (TPSA) is 86.8 Å². The van der Waals surface area contributed by atoms with Crippen LogP contribution in [0, 0.1) is 13.8 Å². The van der Waals surface area contributed by atoms with Crippen LogP contribution in [0.15, 0.2) is 42.5 Å². The molecule has 2 aromatic carbocycles. The molecule has 9 heteroatoms. The summed E-state index contributed by atoms with van der Waals surface area (Å²) in [5.74, 6) is -0.376. The van der Waals surface area contributed by atoms with Crippen LogP contribution in [0.5, 0.6) is 0 Å². The average Bonchev–Trinajstić information content (AvgIpc) is 3.34. The molecule has 7 nitrogen and oxygen atoms in total. The highest BCUT2D eigenvalue weighted by atomic mass is 35.5. The number of rotatable bonds is 11. The van der Waals surface area contributed by atoms with Gasteiger partial charge in [-0.3, -0.25) is 13.9 Å².